The van der Waals surface area contributed by atoms with E-state index in [1.165, 1.54) is 6.42 Å². The summed E-state index contributed by atoms with van der Waals surface area (Å²) in [5.41, 5.74) is 7.59. The SMILES string of the molecule is CC1(C)CCC(NC(=O)CCC(N)c2ccccc2)C1. The molecule has 1 aromatic rings. The summed E-state index contributed by atoms with van der Waals surface area (Å²) in [6.07, 6.45) is 4.59. The third-order valence-electron chi connectivity index (χ3n) is 4.24. The van der Waals surface area contributed by atoms with Gasteiger partial charge in [0.25, 0.3) is 0 Å². The van der Waals surface area contributed by atoms with E-state index in [1.807, 2.05) is 30.3 Å². The van der Waals surface area contributed by atoms with E-state index in [0.29, 0.717) is 24.3 Å². The number of hydrogen-bond acceptors (Lipinski definition) is 2. The number of carbonyl (C=O) groups excluding carboxylic acids is 1. The first kappa shape index (κ1) is 15.0. The number of nitrogens with two attached hydrogens (primary N) is 1. The molecule has 0 bridgehead atoms. The molecule has 1 amide bonds. The third-order valence-corrected chi connectivity index (χ3v) is 4.24. The van der Waals surface area contributed by atoms with Crippen LogP contribution in [0.2, 0.25) is 0 Å². The number of benzene rings is 1. The van der Waals surface area contributed by atoms with Crippen molar-refractivity contribution in [2.24, 2.45) is 11.1 Å². The van der Waals surface area contributed by atoms with Crippen LogP contribution in [0, 0.1) is 5.41 Å². The smallest absolute Gasteiger partial charge is 0.220 e. The van der Waals surface area contributed by atoms with Crippen LogP contribution in [0.25, 0.3) is 0 Å². The zero-order valence-electron chi connectivity index (χ0n) is 12.6. The summed E-state index contributed by atoms with van der Waals surface area (Å²) in [5.74, 6) is 0.138. The van der Waals surface area contributed by atoms with Crippen molar-refractivity contribution in [1.29, 1.82) is 0 Å². The summed E-state index contributed by atoms with van der Waals surface area (Å²) in [6, 6.07) is 10.3. The van der Waals surface area contributed by atoms with Crippen molar-refractivity contribution in [3.63, 3.8) is 0 Å². The van der Waals surface area contributed by atoms with E-state index in [4.69, 9.17) is 5.73 Å². The van der Waals surface area contributed by atoms with E-state index in [9.17, 15) is 4.79 Å². The Hall–Kier alpha value is -1.35. The quantitative estimate of drug-likeness (QED) is 0.866. The van der Waals surface area contributed by atoms with Gasteiger partial charge in [0.05, 0.1) is 0 Å². The molecule has 0 radical (unpaired) electrons. The maximum absolute atomic E-state index is 12.0. The molecule has 20 heavy (non-hydrogen) atoms. The molecule has 1 saturated carbocycles. The van der Waals surface area contributed by atoms with Gasteiger partial charge in [-0.25, -0.2) is 0 Å². The molecule has 3 N–H and O–H groups in total. The van der Waals surface area contributed by atoms with E-state index in [1.54, 1.807) is 0 Å². The molecule has 110 valence electrons. The summed E-state index contributed by atoms with van der Waals surface area (Å²) in [4.78, 5) is 12.0. The summed E-state index contributed by atoms with van der Waals surface area (Å²) in [7, 11) is 0. The first-order chi connectivity index (χ1) is 9.46. The van der Waals surface area contributed by atoms with E-state index in [0.717, 1.165) is 18.4 Å². The summed E-state index contributed by atoms with van der Waals surface area (Å²) in [6.45, 7) is 4.54. The molecule has 0 aliphatic heterocycles. The fraction of sp³-hybridized carbons (Fsp3) is 0.588. The van der Waals surface area contributed by atoms with Crippen molar-refractivity contribution in [2.45, 2.75) is 58.0 Å². The molecule has 1 fully saturated rings. The molecule has 3 nitrogen and oxygen atoms in total. The van der Waals surface area contributed by atoms with Gasteiger partial charge in [-0.05, 0) is 36.7 Å². The second kappa shape index (κ2) is 6.40. The van der Waals surface area contributed by atoms with Gasteiger partial charge >= 0.3 is 0 Å². The van der Waals surface area contributed by atoms with Crippen molar-refractivity contribution in [2.75, 3.05) is 0 Å². The predicted molar refractivity (Wildman–Crippen MR) is 82.2 cm³/mol. The summed E-state index contributed by atoms with van der Waals surface area (Å²) >= 11 is 0. The number of nitrogens with one attached hydrogen (secondary N) is 1. The average Bonchev–Trinajstić information content (AvgIpc) is 2.76. The second-order valence-electron chi connectivity index (χ2n) is 6.73. The molecule has 1 aliphatic carbocycles. The van der Waals surface area contributed by atoms with Crippen molar-refractivity contribution in [1.82, 2.24) is 5.32 Å². The van der Waals surface area contributed by atoms with Gasteiger partial charge in [0, 0.05) is 18.5 Å². The van der Waals surface area contributed by atoms with Gasteiger partial charge in [-0.2, -0.15) is 0 Å². The molecule has 3 heteroatoms. The van der Waals surface area contributed by atoms with Crippen molar-refractivity contribution < 1.29 is 4.79 Å². The molecular weight excluding hydrogens is 248 g/mol. The Kier molecular flexibility index (Phi) is 4.81. The van der Waals surface area contributed by atoms with Gasteiger partial charge in [0.15, 0.2) is 0 Å². The Labute approximate surface area is 121 Å². The highest BCUT2D eigenvalue weighted by molar-refractivity contribution is 5.76. The molecule has 2 unspecified atom stereocenters. The topological polar surface area (TPSA) is 55.1 Å². The zero-order valence-corrected chi connectivity index (χ0v) is 12.6. The van der Waals surface area contributed by atoms with Crippen LogP contribution >= 0.6 is 0 Å². The van der Waals surface area contributed by atoms with E-state index in [2.05, 4.69) is 19.2 Å². The van der Waals surface area contributed by atoms with Gasteiger partial charge < -0.3 is 11.1 Å². The van der Waals surface area contributed by atoms with Crippen molar-refractivity contribution in [3.05, 3.63) is 35.9 Å². The minimum Gasteiger partial charge on any atom is -0.353 e. The van der Waals surface area contributed by atoms with Crippen LogP contribution in [0.15, 0.2) is 30.3 Å². The lowest BCUT2D eigenvalue weighted by molar-refractivity contribution is -0.122. The van der Waals surface area contributed by atoms with Crippen molar-refractivity contribution in [3.8, 4) is 0 Å². The average molecular weight is 274 g/mol. The van der Waals surface area contributed by atoms with E-state index >= 15 is 0 Å². The molecule has 2 rings (SSSR count). The van der Waals surface area contributed by atoms with Crippen LogP contribution in [0.3, 0.4) is 0 Å². The lowest BCUT2D eigenvalue weighted by Crippen LogP contribution is -2.33. The number of amides is 1. The molecule has 0 heterocycles. The van der Waals surface area contributed by atoms with Gasteiger partial charge in [-0.3, -0.25) is 4.79 Å². The number of rotatable bonds is 5. The Morgan fingerprint density at radius 1 is 1.40 bits per heavy atom. The number of carbonyl (C=O) groups is 1. The highest BCUT2D eigenvalue weighted by Gasteiger charge is 2.31. The van der Waals surface area contributed by atoms with Crippen LogP contribution < -0.4 is 11.1 Å². The predicted octanol–water partition coefficient (Wildman–Crippen LogP) is 3.16. The van der Waals surface area contributed by atoms with Gasteiger partial charge in [0.1, 0.15) is 0 Å². The second-order valence-corrected chi connectivity index (χ2v) is 6.73. The molecule has 0 saturated heterocycles. The summed E-state index contributed by atoms with van der Waals surface area (Å²) in [5, 5.41) is 3.15. The van der Waals surface area contributed by atoms with Gasteiger partial charge in [-0.15, -0.1) is 0 Å². The van der Waals surface area contributed by atoms with Crippen LogP contribution in [0.4, 0.5) is 0 Å². The fourth-order valence-electron chi connectivity index (χ4n) is 3.01. The standard InChI is InChI=1S/C17H26N2O/c1-17(2)11-10-14(12-17)19-16(20)9-8-15(18)13-6-4-3-5-7-13/h3-7,14-15H,8-12,18H2,1-2H3,(H,19,20). The molecule has 1 aliphatic rings. The minimum atomic E-state index is -0.0537. The monoisotopic (exact) mass is 274 g/mol. The van der Waals surface area contributed by atoms with E-state index in [-0.39, 0.29) is 11.9 Å². The minimum absolute atomic E-state index is 0.0537. The molecule has 0 spiro atoms. The van der Waals surface area contributed by atoms with Crippen LogP contribution in [-0.4, -0.2) is 11.9 Å². The van der Waals surface area contributed by atoms with Gasteiger partial charge in [-0.1, -0.05) is 44.2 Å². The Morgan fingerprint density at radius 2 is 2.10 bits per heavy atom. The molecule has 0 aromatic heterocycles. The summed E-state index contributed by atoms with van der Waals surface area (Å²) < 4.78 is 0. The third kappa shape index (κ3) is 4.34. The number of hydrogen-bond donors (Lipinski definition) is 2. The fourth-order valence-corrected chi connectivity index (χ4v) is 3.01. The Morgan fingerprint density at radius 3 is 2.70 bits per heavy atom. The van der Waals surface area contributed by atoms with E-state index < -0.39 is 0 Å². The molecular formula is C17H26N2O. The highest BCUT2D eigenvalue weighted by Crippen LogP contribution is 2.36. The Balaban J connectivity index is 1.73. The van der Waals surface area contributed by atoms with Crippen LogP contribution in [0.1, 0.15) is 57.6 Å². The largest absolute Gasteiger partial charge is 0.353 e. The lowest BCUT2D eigenvalue weighted by Gasteiger charge is -2.18. The van der Waals surface area contributed by atoms with Crippen molar-refractivity contribution >= 4 is 5.91 Å². The first-order valence-electron chi connectivity index (χ1n) is 7.56. The van der Waals surface area contributed by atoms with Gasteiger partial charge in [0.2, 0.25) is 5.91 Å². The maximum atomic E-state index is 12.0. The maximum Gasteiger partial charge on any atom is 0.220 e. The lowest BCUT2D eigenvalue weighted by atomic mass is 9.92. The zero-order chi connectivity index (χ0) is 14.6. The Bertz CT molecular complexity index is 442. The first-order valence-corrected chi connectivity index (χ1v) is 7.56. The molecule has 1 aromatic carbocycles. The molecule has 2 atom stereocenters. The normalized spacial score (nSPS) is 22.4. The highest BCUT2D eigenvalue weighted by atomic mass is 16.1. The van der Waals surface area contributed by atoms with Crippen LogP contribution in [-0.2, 0) is 4.79 Å². The van der Waals surface area contributed by atoms with Crippen LogP contribution in [0.5, 0.6) is 0 Å².